The molecule has 3 heterocycles. The molecular weight excluding hydrogens is 429 g/mol. The Morgan fingerprint density at radius 1 is 1.09 bits per heavy atom. The number of rotatable bonds is 5. The number of nitrogens with zero attached hydrogens (tertiary/aromatic N) is 3. The fourth-order valence-electron chi connectivity index (χ4n) is 3.45. The van der Waals surface area contributed by atoms with Crippen molar-refractivity contribution in [3.63, 3.8) is 0 Å². The number of benzene rings is 1. The molecule has 0 saturated heterocycles. The van der Waals surface area contributed by atoms with Crippen molar-refractivity contribution in [2.75, 3.05) is 10.6 Å². The Hall–Kier alpha value is -3.85. The van der Waals surface area contributed by atoms with E-state index in [2.05, 4.69) is 20.6 Å². The third-order valence-electron chi connectivity index (χ3n) is 4.84. The van der Waals surface area contributed by atoms with Gasteiger partial charge in [0.05, 0.1) is 11.3 Å². The standard InChI is InChI=1S/C23H20FN5O2S/c1-13-10-18(14(2)29(13)21-6-4-5-9-25-21)22(31)28-23-27-20(12-32-23)17-8-7-16(11-19(17)24)26-15(3)30/h4-12H,1-3H3,(H,26,30)(H,27,28,31). The highest BCUT2D eigenvalue weighted by Gasteiger charge is 2.19. The van der Waals surface area contributed by atoms with E-state index in [1.54, 1.807) is 29.8 Å². The summed E-state index contributed by atoms with van der Waals surface area (Å²) < 4.78 is 16.4. The van der Waals surface area contributed by atoms with Crippen molar-refractivity contribution >= 4 is 34.0 Å². The number of anilines is 2. The van der Waals surface area contributed by atoms with Crippen LogP contribution in [0.5, 0.6) is 0 Å². The molecule has 4 rings (SSSR count). The Morgan fingerprint density at radius 3 is 2.59 bits per heavy atom. The van der Waals surface area contributed by atoms with Crippen molar-refractivity contribution in [2.24, 2.45) is 0 Å². The lowest BCUT2D eigenvalue weighted by atomic mass is 10.1. The van der Waals surface area contributed by atoms with Gasteiger partial charge in [-0.1, -0.05) is 6.07 Å². The molecule has 2 amide bonds. The lowest BCUT2D eigenvalue weighted by Gasteiger charge is -2.08. The van der Waals surface area contributed by atoms with Gasteiger partial charge in [-0.25, -0.2) is 14.4 Å². The van der Waals surface area contributed by atoms with Gasteiger partial charge in [0, 0.05) is 41.1 Å². The lowest BCUT2D eigenvalue weighted by Crippen LogP contribution is -2.13. The number of pyridine rings is 1. The summed E-state index contributed by atoms with van der Waals surface area (Å²) in [5.74, 6) is -0.365. The first-order chi connectivity index (χ1) is 15.3. The van der Waals surface area contributed by atoms with Crippen LogP contribution in [0.1, 0.15) is 28.7 Å². The Bertz CT molecular complexity index is 1310. The van der Waals surface area contributed by atoms with Crippen LogP contribution in [0.4, 0.5) is 15.2 Å². The smallest absolute Gasteiger partial charge is 0.259 e. The molecule has 0 aliphatic heterocycles. The van der Waals surface area contributed by atoms with E-state index >= 15 is 0 Å². The van der Waals surface area contributed by atoms with Gasteiger partial charge in [0.1, 0.15) is 11.6 Å². The van der Waals surface area contributed by atoms with Crippen LogP contribution in [0.3, 0.4) is 0 Å². The average Bonchev–Trinajstić information content (AvgIpc) is 3.32. The van der Waals surface area contributed by atoms with E-state index < -0.39 is 5.82 Å². The molecule has 1 aromatic carbocycles. The van der Waals surface area contributed by atoms with Gasteiger partial charge in [-0.05, 0) is 50.2 Å². The number of amides is 2. The predicted octanol–water partition coefficient (Wildman–Crippen LogP) is 4.96. The van der Waals surface area contributed by atoms with Crippen molar-refractivity contribution < 1.29 is 14.0 Å². The second-order valence-electron chi connectivity index (χ2n) is 7.18. The quantitative estimate of drug-likeness (QED) is 0.451. The van der Waals surface area contributed by atoms with Crippen LogP contribution in [-0.4, -0.2) is 26.3 Å². The first-order valence-electron chi connectivity index (χ1n) is 9.78. The summed E-state index contributed by atoms with van der Waals surface area (Å²) in [5, 5.41) is 7.36. The number of hydrogen-bond acceptors (Lipinski definition) is 5. The summed E-state index contributed by atoms with van der Waals surface area (Å²) in [4.78, 5) is 32.8. The van der Waals surface area contributed by atoms with Crippen LogP contribution in [0.2, 0.25) is 0 Å². The third-order valence-corrected chi connectivity index (χ3v) is 5.60. The Morgan fingerprint density at radius 2 is 1.91 bits per heavy atom. The van der Waals surface area contributed by atoms with Crippen molar-refractivity contribution in [1.82, 2.24) is 14.5 Å². The molecule has 0 radical (unpaired) electrons. The zero-order valence-corrected chi connectivity index (χ0v) is 18.5. The first kappa shape index (κ1) is 21.4. The highest BCUT2D eigenvalue weighted by molar-refractivity contribution is 7.14. The molecule has 4 aromatic rings. The van der Waals surface area contributed by atoms with E-state index in [1.165, 1.54) is 24.3 Å². The number of hydrogen-bond donors (Lipinski definition) is 2. The molecule has 0 fully saturated rings. The SMILES string of the molecule is CC(=O)Nc1ccc(-c2csc(NC(=O)c3cc(C)n(-c4ccccn4)c3C)n2)c(F)c1. The number of halogens is 1. The fraction of sp³-hybridized carbons (Fsp3) is 0.130. The van der Waals surface area contributed by atoms with E-state index in [0.29, 0.717) is 22.1 Å². The Kier molecular flexibility index (Phi) is 5.83. The second-order valence-corrected chi connectivity index (χ2v) is 8.03. The minimum atomic E-state index is -0.515. The van der Waals surface area contributed by atoms with Gasteiger partial charge in [-0.2, -0.15) is 0 Å². The van der Waals surface area contributed by atoms with E-state index in [0.717, 1.165) is 17.2 Å². The number of aryl methyl sites for hydroxylation is 1. The molecule has 32 heavy (non-hydrogen) atoms. The van der Waals surface area contributed by atoms with E-state index in [-0.39, 0.29) is 17.4 Å². The Balaban J connectivity index is 1.55. The van der Waals surface area contributed by atoms with E-state index in [1.807, 2.05) is 36.6 Å². The molecule has 7 nitrogen and oxygen atoms in total. The maximum absolute atomic E-state index is 14.5. The van der Waals surface area contributed by atoms with Crippen LogP contribution in [-0.2, 0) is 4.79 Å². The normalized spacial score (nSPS) is 10.8. The monoisotopic (exact) mass is 449 g/mol. The van der Waals surface area contributed by atoms with Crippen LogP contribution in [0, 0.1) is 19.7 Å². The molecule has 0 spiro atoms. The minimum absolute atomic E-state index is 0.279. The second kappa shape index (κ2) is 8.72. The fourth-order valence-corrected chi connectivity index (χ4v) is 4.16. The highest BCUT2D eigenvalue weighted by atomic mass is 32.1. The summed E-state index contributed by atoms with van der Waals surface area (Å²) >= 11 is 1.21. The number of nitrogens with one attached hydrogen (secondary N) is 2. The van der Waals surface area contributed by atoms with Gasteiger partial charge < -0.3 is 9.88 Å². The predicted molar refractivity (Wildman–Crippen MR) is 123 cm³/mol. The molecule has 2 N–H and O–H groups in total. The maximum Gasteiger partial charge on any atom is 0.259 e. The third kappa shape index (κ3) is 4.28. The molecule has 0 aliphatic carbocycles. The lowest BCUT2D eigenvalue weighted by molar-refractivity contribution is -0.114. The van der Waals surface area contributed by atoms with Gasteiger partial charge in [0.15, 0.2) is 5.13 Å². The summed E-state index contributed by atoms with van der Waals surface area (Å²) in [6.07, 6.45) is 1.70. The largest absolute Gasteiger partial charge is 0.326 e. The molecule has 0 aliphatic rings. The zero-order valence-electron chi connectivity index (χ0n) is 17.6. The molecule has 0 atom stereocenters. The van der Waals surface area contributed by atoms with Crippen LogP contribution in [0.25, 0.3) is 17.1 Å². The van der Waals surface area contributed by atoms with E-state index in [4.69, 9.17) is 0 Å². The van der Waals surface area contributed by atoms with Crippen LogP contribution < -0.4 is 10.6 Å². The molecule has 0 bridgehead atoms. The molecular formula is C23H20FN5O2S. The van der Waals surface area contributed by atoms with Crippen molar-refractivity contribution in [2.45, 2.75) is 20.8 Å². The summed E-state index contributed by atoms with van der Waals surface area (Å²) in [6.45, 7) is 5.12. The Labute approximate surface area is 188 Å². The first-order valence-corrected chi connectivity index (χ1v) is 10.7. The number of thiazole rings is 1. The van der Waals surface area contributed by atoms with Gasteiger partial charge in [0.25, 0.3) is 5.91 Å². The highest BCUT2D eigenvalue weighted by Crippen LogP contribution is 2.29. The molecule has 162 valence electrons. The van der Waals surface area contributed by atoms with Gasteiger partial charge in [-0.3, -0.25) is 14.9 Å². The maximum atomic E-state index is 14.5. The zero-order chi connectivity index (χ0) is 22.8. The van der Waals surface area contributed by atoms with Crippen molar-refractivity contribution in [1.29, 1.82) is 0 Å². The summed E-state index contributed by atoms with van der Waals surface area (Å²) in [6, 6.07) is 11.8. The molecule has 0 saturated carbocycles. The topological polar surface area (TPSA) is 88.9 Å². The molecule has 0 unspecified atom stereocenters. The average molecular weight is 450 g/mol. The van der Waals surface area contributed by atoms with Crippen molar-refractivity contribution in [3.05, 3.63) is 76.8 Å². The van der Waals surface area contributed by atoms with Crippen molar-refractivity contribution in [3.8, 4) is 17.1 Å². The minimum Gasteiger partial charge on any atom is -0.326 e. The summed E-state index contributed by atoms with van der Waals surface area (Å²) in [7, 11) is 0. The van der Waals surface area contributed by atoms with Crippen LogP contribution in [0.15, 0.2) is 54.0 Å². The van der Waals surface area contributed by atoms with Gasteiger partial charge >= 0.3 is 0 Å². The van der Waals surface area contributed by atoms with E-state index in [9.17, 15) is 14.0 Å². The molecule has 3 aromatic heterocycles. The number of carbonyl (C=O) groups is 2. The van der Waals surface area contributed by atoms with Crippen LogP contribution >= 0.6 is 11.3 Å². The van der Waals surface area contributed by atoms with Gasteiger partial charge in [0.2, 0.25) is 5.91 Å². The molecule has 9 heteroatoms. The van der Waals surface area contributed by atoms with Gasteiger partial charge in [-0.15, -0.1) is 11.3 Å². The summed E-state index contributed by atoms with van der Waals surface area (Å²) in [5.41, 5.74) is 3.20. The number of aromatic nitrogens is 3. The number of carbonyl (C=O) groups excluding carboxylic acids is 2.